The first-order valence-corrected chi connectivity index (χ1v) is 11.4. The van der Waals surface area contributed by atoms with Gasteiger partial charge < -0.3 is 4.90 Å². The first-order valence-electron chi connectivity index (χ1n) is 11.4. The summed E-state index contributed by atoms with van der Waals surface area (Å²) < 4.78 is 0. The van der Waals surface area contributed by atoms with Crippen LogP contribution < -0.4 is 4.90 Å². The van der Waals surface area contributed by atoms with Crippen molar-refractivity contribution in [2.75, 3.05) is 4.90 Å². The van der Waals surface area contributed by atoms with E-state index in [9.17, 15) is 0 Å². The number of benzene rings is 4. The van der Waals surface area contributed by atoms with Gasteiger partial charge in [0.25, 0.3) is 0 Å². The molecule has 1 heteroatoms. The van der Waals surface area contributed by atoms with Gasteiger partial charge in [0.2, 0.25) is 0 Å². The predicted octanol–water partition coefficient (Wildman–Crippen LogP) is 7.28. The van der Waals surface area contributed by atoms with Crippen LogP contribution in [-0.2, 0) is 18.3 Å². The number of fused-ring (bicyclic) bond motifs is 9. The van der Waals surface area contributed by atoms with Crippen LogP contribution in [0.4, 0.5) is 11.4 Å². The lowest BCUT2D eigenvalue weighted by atomic mass is 9.80. The second-order valence-electron chi connectivity index (χ2n) is 9.81. The summed E-state index contributed by atoms with van der Waals surface area (Å²) in [6.45, 7) is 4.81. The maximum atomic E-state index is 2.67. The molecule has 1 aliphatic carbocycles. The van der Waals surface area contributed by atoms with Crippen LogP contribution in [0.1, 0.15) is 36.1 Å². The van der Waals surface area contributed by atoms with Crippen molar-refractivity contribution < 1.29 is 0 Å². The quantitative estimate of drug-likeness (QED) is 0.325. The SMILES string of the molecule is CC1(C)c2ccccc2-c2ccc3c(c21)N1c2ccc(-c4ccccc4)cc2CC1C3. The van der Waals surface area contributed by atoms with E-state index in [2.05, 4.69) is 104 Å². The topological polar surface area (TPSA) is 3.24 Å². The summed E-state index contributed by atoms with van der Waals surface area (Å²) in [5, 5.41) is 0. The molecule has 0 aromatic heterocycles. The molecule has 1 unspecified atom stereocenters. The Morgan fingerprint density at radius 2 is 1.48 bits per heavy atom. The van der Waals surface area contributed by atoms with Crippen LogP contribution in [0.5, 0.6) is 0 Å². The van der Waals surface area contributed by atoms with Gasteiger partial charge in [0.15, 0.2) is 0 Å². The molecule has 31 heavy (non-hydrogen) atoms. The molecule has 0 N–H and O–H groups in total. The minimum atomic E-state index is 0.0267. The van der Waals surface area contributed by atoms with Crippen molar-refractivity contribution in [3.63, 3.8) is 0 Å². The van der Waals surface area contributed by atoms with E-state index < -0.39 is 0 Å². The average Bonchev–Trinajstić information content (AvgIpc) is 3.40. The van der Waals surface area contributed by atoms with Gasteiger partial charge in [-0.05, 0) is 69.5 Å². The van der Waals surface area contributed by atoms with Gasteiger partial charge in [-0.1, -0.05) is 86.6 Å². The molecular formula is C30H25N. The Balaban J connectivity index is 1.41. The largest absolute Gasteiger partial charge is 0.337 e. The molecule has 0 amide bonds. The third kappa shape index (κ3) is 2.21. The van der Waals surface area contributed by atoms with Gasteiger partial charge >= 0.3 is 0 Å². The van der Waals surface area contributed by atoms with Crippen molar-refractivity contribution in [1.29, 1.82) is 0 Å². The minimum Gasteiger partial charge on any atom is -0.337 e. The molecule has 4 aromatic carbocycles. The first-order chi connectivity index (χ1) is 15.1. The normalized spacial score (nSPS) is 18.9. The summed E-state index contributed by atoms with van der Waals surface area (Å²) in [5.41, 5.74) is 14.4. The minimum absolute atomic E-state index is 0.0267. The van der Waals surface area contributed by atoms with E-state index in [0.717, 1.165) is 12.8 Å². The van der Waals surface area contributed by atoms with Crippen molar-refractivity contribution in [2.45, 2.75) is 38.1 Å². The van der Waals surface area contributed by atoms with Crippen LogP contribution >= 0.6 is 0 Å². The summed E-state index contributed by atoms with van der Waals surface area (Å²) in [4.78, 5) is 2.67. The van der Waals surface area contributed by atoms with Crippen LogP contribution in [0.25, 0.3) is 22.3 Å². The molecule has 150 valence electrons. The average molecular weight is 400 g/mol. The second-order valence-corrected chi connectivity index (χ2v) is 9.81. The fraction of sp³-hybridized carbons (Fsp3) is 0.200. The highest BCUT2D eigenvalue weighted by Crippen LogP contribution is 2.58. The monoisotopic (exact) mass is 399 g/mol. The Morgan fingerprint density at radius 1 is 0.710 bits per heavy atom. The third-order valence-electron chi connectivity index (χ3n) is 7.74. The van der Waals surface area contributed by atoms with Crippen LogP contribution in [0.15, 0.2) is 84.9 Å². The van der Waals surface area contributed by atoms with Gasteiger partial charge in [-0.25, -0.2) is 0 Å². The van der Waals surface area contributed by atoms with E-state index in [1.807, 2.05) is 0 Å². The third-order valence-corrected chi connectivity index (χ3v) is 7.74. The molecule has 7 rings (SSSR count). The molecule has 4 aromatic rings. The highest BCUT2D eigenvalue weighted by atomic mass is 15.2. The smallest absolute Gasteiger partial charge is 0.0494 e. The van der Waals surface area contributed by atoms with Crippen LogP contribution in [0, 0.1) is 0 Å². The van der Waals surface area contributed by atoms with Gasteiger partial charge in [0.05, 0.1) is 0 Å². The lowest BCUT2D eigenvalue weighted by molar-refractivity contribution is 0.657. The first kappa shape index (κ1) is 17.4. The van der Waals surface area contributed by atoms with Gasteiger partial charge in [-0.2, -0.15) is 0 Å². The molecule has 0 fully saturated rings. The van der Waals surface area contributed by atoms with Crippen molar-refractivity contribution in [1.82, 2.24) is 0 Å². The van der Waals surface area contributed by atoms with Crippen LogP contribution in [0.2, 0.25) is 0 Å². The van der Waals surface area contributed by atoms with E-state index in [1.54, 1.807) is 0 Å². The molecule has 0 radical (unpaired) electrons. The summed E-state index contributed by atoms with van der Waals surface area (Å²) in [5.74, 6) is 0. The number of nitrogens with zero attached hydrogens (tertiary/aromatic N) is 1. The molecule has 0 spiro atoms. The van der Waals surface area contributed by atoms with Crippen LogP contribution in [-0.4, -0.2) is 6.04 Å². The van der Waals surface area contributed by atoms with Gasteiger partial charge in [0, 0.05) is 22.8 Å². The Hall–Kier alpha value is -3.32. The summed E-state index contributed by atoms with van der Waals surface area (Å²) in [7, 11) is 0. The van der Waals surface area contributed by atoms with Crippen molar-refractivity contribution >= 4 is 11.4 Å². The highest BCUT2D eigenvalue weighted by molar-refractivity contribution is 5.92. The molecule has 0 bridgehead atoms. The fourth-order valence-corrected chi connectivity index (χ4v) is 6.39. The van der Waals surface area contributed by atoms with E-state index in [4.69, 9.17) is 0 Å². The molecule has 2 aliphatic heterocycles. The number of rotatable bonds is 1. The van der Waals surface area contributed by atoms with E-state index in [0.29, 0.717) is 6.04 Å². The van der Waals surface area contributed by atoms with Gasteiger partial charge in [-0.15, -0.1) is 0 Å². The molecule has 1 atom stereocenters. The summed E-state index contributed by atoms with van der Waals surface area (Å²) >= 11 is 0. The zero-order valence-electron chi connectivity index (χ0n) is 18.0. The van der Waals surface area contributed by atoms with Gasteiger partial charge in [-0.3, -0.25) is 0 Å². The molecular weight excluding hydrogens is 374 g/mol. The van der Waals surface area contributed by atoms with Gasteiger partial charge in [0.1, 0.15) is 0 Å². The fourth-order valence-electron chi connectivity index (χ4n) is 6.39. The Bertz CT molecular complexity index is 1360. The van der Waals surface area contributed by atoms with Crippen molar-refractivity contribution in [2.24, 2.45) is 0 Å². The second kappa shape index (κ2) is 5.88. The Morgan fingerprint density at radius 3 is 2.35 bits per heavy atom. The van der Waals surface area contributed by atoms with Crippen LogP contribution in [0.3, 0.4) is 0 Å². The number of anilines is 2. The number of hydrogen-bond acceptors (Lipinski definition) is 1. The molecule has 1 nitrogen and oxygen atoms in total. The Labute approximate surface area is 184 Å². The molecule has 2 heterocycles. The lowest BCUT2D eigenvalue weighted by Crippen LogP contribution is -2.25. The highest BCUT2D eigenvalue weighted by Gasteiger charge is 2.45. The van der Waals surface area contributed by atoms with Crippen molar-refractivity contribution in [3.05, 3.63) is 107 Å². The summed E-state index contributed by atoms with van der Waals surface area (Å²) in [6.07, 6.45) is 2.28. The molecule has 3 aliphatic rings. The lowest BCUT2D eigenvalue weighted by Gasteiger charge is -2.29. The molecule has 0 saturated heterocycles. The molecule has 0 saturated carbocycles. The predicted molar refractivity (Wildman–Crippen MR) is 129 cm³/mol. The Kier molecular flexibility index (Phi) is 3.30. The van der Waals surface area contributed by atoms with E-state index >= 15 is 0 Å². The standard InChI is InChI=1S/C30H25N/c1-30(2)26-11-7-6-10-24(26)25-14-12-21-17-23-18-22-16-20(19-8-4-3-5-9-19)13-15-27(22)31(23)29(21)28(25)30/h3-16,23H,17-18H2,1-2H3. The van der Waals surface area contributed by atoms with E-state index in [1.165, 1.54) is 55.9 Å². The zero-order chi connectivity index (χ0) is 20.7. The van der Waals surface area contributed by atoms with E-state index in [-0.39, 0.29) is 5.41 Å². The number of hydrogen-bond donors (Lipinski definition) is 0. The van der Waals surface area contributed by atoms with Crippen molar-refractivity contribution in [3.8, 4) is 22.3 Å². The zero-order valence-corrected chi connectivity index (χ0v) is 18.0. The maximum absolute atomic E-state index is 2.67. The maximum Gasteiger partial charge on any atom is 0.0494 e. The summed E-state index contributed by atoms with van der Waals surface area (Å²) in [6, 6.07) is 32.1.